The molecule has 0 aromatic heterocycles. The molecule has 1 N–H and O–H groups in total. The van der Waals surface area contributed by atoms with E-state index >= 15 is 0 Å². The smallest absolute Gasteiger partial charge is 0.411 e. The summed E-state index contributed by atoms with van der Waals surface area (Å²) in [5, 5.41) is 5.10. The van der Waals surface area contributed by atoms with Crippen molar-refractivity contribution in [3.8, 4) is 0 Å². The molecular formula is C30H45NO4. The Morgan fingerprint density at radius 1 is 0.771 bits per heavy atom. The number of ether oxygens (including phenoxy) is 2. The van der Waals surface area contributed by atoms with Crippen LogP contribution in [0, 0.1) is 0 Å². The molecule has 0 bridgehead atoms. The summed E-state index contributed by atoms with van der Waals surface area (Å²) >= 11 is 0. The second-order valence-electron chi connectivity index (χ2n) is 9.47. The van der Waals surface area contributed by atoms with Crippen molar-refractivity contribution >= 4 is 28.5 Å². The fourth-order valence-electron chi connectivity index (χ4n) is 4.49. The molecule has 0 radical (unpaired) electrons. The highest BCUT2D eigenvalue weighted by Gasteiger charge is 2.15. The number of rotatable bonds is 18. The van der Waals surface area contributed by atoms with Gasteiger partial charge in [0.05, 0.1) is 12.8 Å². The van der Waals surface area contributed by atoms with Crippen LogP contribution in [0.2, 0.25) is 0 Å². The lowest BCUT2D eigenvalue weighted by molar-refractivity contribution is -0.140. The fourth-order valence-corrected chi connectivity index (χ4v) is 4.49. The van der Waals surface area contributed by atoms with Gasteiger partial charge in [-0.2, -0.15) is 0 Å². The Morgan fingerprint density at radius 3 is 2.06 bits per heavy atom. The Kier molecular flexibility index (Phi) is 14.6. The molecule has 1 atom stereocenters. The van der Waals surface area contributed by atoms with Crippen LogP contribution in [0.1, 0.15) is 103 Å². The van der Waals surface area contributed by atoms with E-state index in [0.29, 0.717) is 6.42 Å². The molecular weight excluding hydrogens is 438 g/mol. The molecule has 0 heterocycles. The average molecular weight is 484 g/mol. The summed E-state index contributed by atoms with van der Waals surface area (Å²) in [7, 11) is 1.45. The van der Waals surface area contributed by atoms with Gasteiger partial charge in [-0.15, -0.1) is 0 Å². The zero-order valence-corrected chi connectivity index (χ0v) is 21.9. The van der Waals surface area contributed by atoms with Crippen LogP contribution in [-0.4, -0.2) is 25.3 Å². The minimum absolute atomic E-state index is 0.0276. The number of hydrogen-bond donors (Lipinski definition) is 1. The van der Waals surface area contributed by atoms with Crippen molar-refractivity contribution in [3.05, 3.63) is 42.5 Å². The van der Waals surface area contributed by atoms with Gasteiger partial charge in [0.1, 0.15) is 6.10 Å². The number of fused-ring (bicyclic) bond motifs is 1. The van der Waals surface area contributed by atoms with E-state index in [1.807, 2.05) is 42.5 Å². The quantitative estimate of drug-likeness (QED) is 0.170. The van der Waals surface area contributed by atoms with Gasteiger partial charge in [-0.25, -0.2) is 4.79 Å². The number of amides is 1. The number of methoxy groups -OCH3 is 1. The maximum atomic E-state index is 12.7. The van der Waals surface area contributed by atoms with Gasteiger partial charge >= 0.3 is 12.1 Å². The third-order valence-corrected chi connectivity index (χ3v) is 6.56. The number of carbonyl (C=O) groups excluding carboxylic acids is 2. The van der Waals surface area contributed by atoms with Crippen molar-refractivity contribution in [1.29, 1.82) is 0 Å². The SMILES string of the molecule is CCCCCC[C@@H](CCCCCCCCCCC(=O)OC)OC(=O)Nc1cccc2ccccc12. The largest absolute Gasteiger partial charge is 0.469 e. The van der Waals surface area contributed by atoms with Gasteiger partial charge in [0.15, 0.2) is 0 Å². The van der Waals surface area contributed by atoms with Crippen LogP contribution in [0.25, 0.3) is 10.8 Å². The normalized spacial score (nSPS) is 11.8. The van der Waals surface area contributed by atoms with Gasteiger partial charge in [0.2, 0.25) is 0 Å². The second kappa shape index (κ2) is 17.8. The number of anilines is 1. The number of unbranched alkanes of at least 4 members (excludes halogenated alkanes) is 10. The Hall–Kier alpha value is -2.56. The van der Waals surface area contributed by atoms with E-state index in [9.17, 15) is 9.59 Å². The molecule has 0 saturated carbocycles. The van der Waals surface area contributed by atoms with E-state index in [0.717, 1.165) is 55.0 Å². The number of benzene rings is 2. The summed E-state index contributed by atoms with van der Waals surface area (Å²) < 4.78 is 10.6. The average Bonchev–Trinajstić information content (AvgIpc) is 2.87. The topological polar surface area (TPSA) is 64.6 Å². The maximum absolute atomic E-state index is 12.7. The number of carbonyl (C=O) groups is 2. The predicted octanol–water partition coefficient (Wildman–Crippen LogP) is 8.80. The lowest BCUT2D eigenvalue weighted by Crippen LogP contribution is -2.22. The third kappa shape index (κ3) is 12.1. The summed E-state index contributed by atoms with van der Waals surface area (Å²) in [6, 6.07) is 14.0. The molecule has 194 valence electrons. The van der Waals surface area contributed by atoms with Gasteiger partial charge in [-0.05, 0) is 43.6 Å². The van der Waals surface area contributed by atoms with Crippen molar-refractivity contribution in [2.75, 3.05) is 12.4 Å². The van der Waals surface area contributed by atoms with Crippen molar-refractivity contribution in [2.24, 2.45) is 0 Å². The van der Waals surface area contributed by atoms with E-state index in [2.05, 4.69) is 17.0 Å². The Bertz CT molecular complexity index is 861. The minimum atomic E-state index is -0.353. The molecule has 0 aliphatic heterocycles. The predicted molar refractivity (Wildman–Crippen MR) is 145 cm³/mol. The zero-order valence-electron chi connectivity index (χ0n) is 21.9. The molecule has 2 aromatic rings. The summed E-state index contributed by atoms with van der Waals surface area (Å²) in [6.45, 7) is 2.21. The first-order valence-electron chi connectivity index (χ1n) is 13.7. The highest BCUT2D eigenvalue weighted by atomic mass is 16.6. The van der Waals surface area contributed by atoms with E-state index < -0.39 is 0 Å². The van der Waals surface area contributed by atoms with Crippen molar-refractivity contribution in [2.45, 2.75) is 109 Å². The summed E-state index contributed by atoms with van der Waals surface area (Å²) in [4.78, 5) is 23.8. The minimum Gasteiger partial charge on any atom is -0.469 e. The van der Waals surface area contributed by atoms with Crippen molar-refractivity contribution < 1.29 is 19.1 Å². The van der Waals surface area contributed by atoms with Crippen LogP contribution in [-0.2, 0) is 14.3 Å². The van der Waals surface area contributed by atoms with Crippen molar-refractivity contribution in [1.82, 2.24) is 0 Å². The molecule has 0 unspecified atom stereocenters. The highest BCUT2D eigenvalue weighted by molar-refractivity contribution is 6.00. The molecule has 0 saturated heterocycles. The first-order chi connectivity index (χ1) is 17.1. The molecule has 35 heavy (non-hydrogen) atoms. The first-order valence-corrected chi connectivity index (χ1v) is 13.7. The van der Waals surface area contributed by atoms with E-state index in [1.165, 1.54) is 58.5 Å². The Morgan fingerprint density at radius 2 is 1.37 bits per heavy atom. The highest BCUT2D eigenvalue weighted by Crippen LogP contribution is 2.24. The van der Waals surface area contributed by atoms with Gasteiger partial charge in [0, 0.05) is 11.8 Å². The summed E-state index contributed by atoms with van der Waals surface area (Å²) in [5.41, 5.74) is 0.796. The number of nitrogens with one attached hydrogen (secondary N) is 1. The van der Waals surface area contributed by atoms with E-state index in [-0.39, 0.29) is 18.2 Å². The molecule has 1 amide bonds. The monoisotopic (exact) mass is 483 g/mol. The van der Waals surface area contributed by atoms with Crippen LogP contribution in [0.3, 0.4) is 0 Å². The molecule has 0 fully saturated rings. The molecule has 0 spiro atoms. The van der Waals surface area contributed by atoms with Gasteiger partial charge < -0.3 is 9.47 Å². The number of esters is 1. The molecule has 5 heteroatoms. The zero-order chi connectivity index (χ0) is 25.1. The molecule has 2 rings (SSSR count). The van der Waals surface area contributed by atoms with Gasteiger partial charge in [-0.1, -0.05) is 101 Å². The standard InChI is InChI=1S/C30H45NO4/c1-3-4-5-12-20-26(21-13-10-8-6-7-9-11-14-24-29(32)34-2)35-30(33)31-28-23-17-19-25-18-15-16-22-27(25)28/h15-19,22-23,26H,3-14,20-21,24H2,1-2H3,(H,31,33)/t26-/m0/s1. The lowest BCUT2D eigenvalue weighted by atomic mass is 10.0. The summed E-state index contributed by atoms with van der Waals surface area (Å²) in [6.07, 6.45) is 15.8. The van der Waals surface area contributed by atoms with Crippen LogP contribution >= 0.6 is 0 Å². The molecule has 0 aliphatic carbocycles. The Balaban J connectivity index is 1.70. The maximum Gasteiger partial charge on any atom is 0.411 e. The molecule has 0 aliphatic rings. The third-order valence-electron chi connectivity index (χ3n) is 6.56. The van der Waals surface area contributed by atoms with Crippen LogP contribution < -0.4 is 5.32 Å². The van der Waals surface area contributed by atoms with E-state index in [4.69, 9.17) is 4.74 Å². The van der Waals surface area contributed by atoms with Gasteiger partial charge in [0.25, 0.3) is 0 Å². The molecule has 5 nitrogen and oxygen atoms in total. The van der Waals surface area contributed by atoms with Crippen molar-refractivity contribution in [3.63, 3.8) is 0 Å². The fraction of sp³-hybridized carbons (Fsp3) is 0.600. The Labute approximate surface area is 212 Å². The second-order valence-corrected chi connectivity index (χ2v) is 9.47. The van der Waals surface area contributed by atoms with Crippen LogP contribution in [0.5, 0.6) is 0 Å². The lowest BCUT2D eigenvalue weighted by Gasteiger charge is -2.19. The number of hydrogen-bond acceptors (Lipinski definition) is 4. The van der Waals surface area contributed by atoms with Crippen LogP contribution in [0.15, 0.2) is 42.5 Å². The van der Waals surface area contributed by atoms with E-state index in [1.54, 1.807) is 0 Å². The van der Waals surface area contributed by atoms with Gasteiger partial charge in [-0.3, -0.25) is 10.1 Å². The van der Waals surface area contributed by atoms with Crippen LogP contribution in [0.4, 0.5) is 10.5 Å². The summed E-state index contributed by atoms with van der Waals surface area (Å²) in [5.74, 6) is -0.109. The molecule has 2 aromatic carbocycles. The first kappa shape index (κ1) is 28.7.